The van der Waals surface area contributed by atoms with E-state index < -0.39 is 6.09 Å². The molecular formula is C10H15N3O3. The number of nitrogens with one attached hydrogen (secondary N) is 1. The van der Waals surface area contributed by atoms with Crippen molar-refractivity contribution in [2.75, 3.05) is 13.1 Å². The summed E-state index contributed by atoms with van der Waals surface area (Å²) in [5.41, 5.74) is 1.37. The van der Waals surface area contributed by atoms with Crippen LogP contribution in [0.15, 0.2) is 17.1 Å². The number of hydrogen-bond donors (Lipinski definition) is 3. The van der Waals surface area contributed by atoms with Crippen molar-refractivity contribution in [2.24, 2.45) is 4.99 Å². The van der Waals surface area contributed by atoms with E-state index in [2.05, 4.69) is 10.3 Å². The highest BCUT2D eigenvalue weighted by Gasteiger charge is 1.97. The molecule has 0 aromatic carbocycles. The molecule has 0 radical (unpaired) electrons. The van der Waals surface area contributed by atoms with Crippen LogP contribution in [-0.4, -0.2) is 34.2 Å². The van der Waals surface area contributed by atoms with E-state index in [1.807, 2.05) is 0 Å². The van der Waals surface area contributed by atoms with Gasteiger partial charge in [0.15, 0.2) is 0 Å². The number of carbonyl (C=O) groups is 1. The SMILES string of the molecule is Cc1cc(=NCCNC(=O)O)cc(C)n1O. The van der Waals surface area contributed by atoms with Gasteiger partial charge >= 0.3 is 6.09 Å². The summed E-state index contributed by atoms with van der Waals surface area (Å²) in [5.74, 6) is 0. The van der Waals surface area contributed by atoms with Gasteiger partial charge in [-0.3, -0.25) is 4.99 Å². The molecule has 1 rings (SSSR count). The molecule has 0 atom stereocenters. The van der Waals surface area contributed by atoms with Gasteiger partial charge in [0.1, 0.15) is 0 Å². The van der Waals surface area contributed by atoms with Gasteiger partial charge < -0.3 is 15.6 Å². The molecule has 0 saturated carbocycles. The quantitative estimate of drug-likeness (QED) is 0.517. The van der Waals surface area contributed by atoms with Crippen molar-refractivity contribution in [1.29, 1.82) is 0 Å². The maximum atomic E-state index is 10.2. The normalized spacial score (nSPS) is 9.88. The predicted molar refractivity (Wildman–Crippen MR) is 57.5 cm³/mol. The third-order valence-corrected chi connectivity index (χ3v) is 2.06. The van der Waals surface area contributed by atoms with Gasteiger partial charge in [-0.05, 0) is 26.0 Å². The van der Waals surface area contributed by atoms with Gasteiger partial charge in [-0.15, -0.1) is 0 Å². The third-order valence-electron chi connectivity index (χ3n) is 2.06. The summed E-state index contributed by atoms with van der Waals surface area (Å²) in [6, 6.07) is 3.46. The topological polar surface area (TPSA) is 86.9 Å². The molecule has 3 N–H and O–H groups in total. The minimum absolute atomic E-state index is 0.279. The Balaban J connectivity index is 2.73. The van der Waals surface area contributed by atoms with Crippen LogP contribution in [0.2, 0.25) is 0 Å². The van der Waals surface area contributed by atoms with E-state index in [1.165, 1.54) is 0 Å². The van der Waals surface area contributed by atoms with Crippen molar-refractivity contribution in [3.8, 4) is 0 Å². The fraction of sp³-hybridized carbons (Fsp3) is 0.400. The minimum Gasteiger partial charge on any atom is -0.465 e. The molecule has 1 amide bonds. The Labute approximate surface area is 92.8 Å². The van der Waals surface area contributed by atoms with E-state index in [1.54, 1.807) is 26.0 Å². The highest BCUT2D eigenvalue weighted by atomic mass is 16.5. The first-order chi connectivity index (χ1) is 7.50. The highest BCUT2D eigenvalue weighted by Crippen LogP contribution is 1.96. The lowest BCUT2D eigenvalue weighted by Gasteiger charge is -2.05. The maximum absolute atomic E-state index is 10.2. The molecular weight excluding hydrogens is 210 g/mol. The second-order valence-corrected chi connectivity index (χ2v) is 3.42. The number of aryl methyl sites for hydroxylation is 2. The van der Waals surface area contributed by atoms with E-state index in [0.29, 0.717) is 17.9 Å². The van der Waals surface area contributed by atoms with Gasteiger partial charge in [0, 0.05) is 6.54 Å². The molecule has 6 heteroatoms. The summed E-state index contributed by atoms with van der Waals surface area (Å²) >= 11 is 0. The molecule has 1 aromatic heterocycles. The zero-order valence-electron chi connectivity index (χ0n) is 9.27. The smallest absolute Gasteiger partial charge is 0.404 e. The molecule has 0 spiro atoms. The first-order valence-electron chi connectivity index (χ1n) is 4.87. The number of carboxylic acid groups (broad SMARTS) is 1. The molecule has 0 saturated heterocycles. The Morgan fingerprint density at radius 1 is 1.44 bits per heavy atom. The standard InChI is InChI=1S/C10H15N3O3/c1-7-5-9(6-8(2)13(7)16)11-3-4-12-10(14)15/h5-6,12,16H,3-4H2,1-2H3,(H,14,15). The van der Waals surface area contributed by atoms with Crippen LogP contribution in [0.1, 0.15) is 11.4 Å². The fourth-order valence-corrected chi connectivity index (χ4v) is 1.31. The van der Waals surface area contributed by atoms with E-state index >= 15 is 0 Å². The Hall–Kier alpha value is -1.98. The zero-order valence-corrected chi connectivity index (χ0v) is 9.27. The van der Waals surface area contributed by atoms with Crippen LogP contribution in [0.3, 0.4) is 0 Å². The van der Waals surface area contributed by atoms with Gasteiger partial charge in [-0.2, -0.15) is 4.73 Å². The molecule has 0 fully saturated rings. The van der Waals surface area contributed by atoms with Crippen LogP contribution in [0.4, 0.5) is 4.79 Å². The number of nitrogens with zero attached hydrogens (tertiary/aromatic N) is 2. The van der Waals surface area contributed by atoms with E-state index in [9.17, 15) is 10.0 Å². The molecule has 16 heavy (non-hydrogen) atoms. The molecule has 0 bridgehead atoms. The molecule has 0 unspecified atom stereocenters. The van der Waals surface area contributed by atoms with Crippen LogP contribution < -0.4 is 10.7 Å². The lowest BCUT2D eigenvalue weighted by Crippen LogP contribution is -2.24. The van der Waals surface area contributed by atoms with Gasteiger partial charge in [0.2, 0.25) is 0 Å². The van der Waals surface area contributed by atoms with Crippen molar-refractivity contribution in [1.82, 2.24) is 10.0 Å². The second-order valence-electron chi connectivity index (χ2n) is 3.42. The first kappa shape index (κ1) is 12.1. The van der Waals surface area contributed by atoms with Gasteiger partial charge in [0.05, 0.1) is 23.3 Å². The van der Waals surface area contributed by atoms with Crippen molar-refractivity contribution in [3.05, 3.63) is 28.9 Å². The minimum atomic E-state index is -1.05. The molecule has 6 nitrogen and oxygen atoms in total. The van der Waals surface area contributed by atoms with E-state index in [4.69, 9.17) is 5.11 Å². The summed E-state index contributed by atoms with van der Waals surface area (Å²) in [6.45, 7) is 4.19. The second kappa shape index (κ2) is 5.20. The molecule has 88 valence electrons. The zero-order chi connectivity index (χ0) is 12.1. The summed E-state index contributed by atoms with van der Waals surface area (Å²) in [4.78, 5) is 14.4. The number of pyridine rings is 1. The van der Waals surface area contributed by atoms with Crippen LogP contribution in [-0.2, 0) is 0 Å². The van der Waals surface area contributed by atoms with Crippen LogP contribution in [0, 0.1) is 13.8 Å². The number of hydrogen-bond acceptors (Lipinski definition) is 3. The summed E-state index contributed by atoms with van der Waals surface area (Å²) in [7, 11) is 0. The largest absolute Gasteiger partial charge is 0.465 e. The number of rotatable bonds is 3. The lowest BCUT2D eigenvalue weighted by atomic mass is 10.3. The molecule has 1 aromatic rings. The Morgan fingerprint density at radius 2 is 2.00 bits per heavy atom. The number of amides is 1. The third kappa shape index (κ3) is 3.30. The Bertz CT molecular complexity index is 425. The average Bonchev–Trinajstić information content (AvgIpc) is 2.20. The Morgan fingerprint density at radius 3 is 2.50 bits per heavy atom. The predicted octanol–water partition coefficient (Wildman–Crippen LogP) is 0.511. The molecule has 0 aliphatic carbocycles. The molecule has 0 aliphatic rings. The summed E-state index contributed by atoms with van der Waals surface area (Å²) in [5, 5.41) is 20.8. The summed E-state index contributed by atoms with van der Waals surface area (Å²) < 4.78 is 1.08. The Kier molecular flexibility index (Phi) is 3.93. The van der Waals surface area contributed by atoms with Crippen LogP contribution in [0.5, 0.6) is 0 Å². The molecule has 0 aliphatic heterocycles. The van der Waals surface area contributed by atoms with Crippen molar-refractivity contribution in [3.63, 3.8) is 0 Å². The van der Waals surface area contributed by atoms with Crippen LogP contribution >= 0.6 is 0 Å². The fourth-order valence-electron chi connectivity index (χ4n) is 1.31. The van der Waals surface area contributed by atoms with Gasteiger partial charge in [-0.25, -0.2) is 4.79 Å². The molecule has 1 heterocycles. The number of aromatic nitrogens is 1. The lowest BCUT2D eigenvalue weighted by molar-refractivity contribution is 0.170. The van der Waals surface area contributed by atoms with Crippen molar-refractivity contribution >= 4 is 6.09 Å². The highest BCUT2D eigenvalue weighted by molar-refractivity contribution is 5.64. The van der Waals surface area contributed by atoms with Gasteiger partial charge in [-0.1, -0.05) is 0 Å². The monoisotopic (exact) mass is 225 g/mol. The van der Waals surface area contributed by atoms with Crippen LogP contribution in [0.25, 0.3) is 0 Å². The first-order valence-corrected chi connectivity index (χ1v) is 4.87. The van der Waals surface area contributed by atoms with Crippen molar-refractivity contribution in [2.45, 2.75) is 13.8 Å². The summed E-state index contributed by atoms with van der Waals surface area (Å²) in [6.07, 6.45) is -1.05. The van der Waals surface area contributed by atoms with E-state index in [-0.39, 0.29) is 6.54 Å². The van der Waals surface area contributed by atoms with Gasteiger partial charge in [0.25, 0.3) is 0 Å². The average molecular weight is 225 g/mol. The van der Waals surface area contributed by atoms with Crippen molar-refractivity contribution < 1.29 is 15.1 Å². The maximum Gasteiger partial charge on any atom is 0.404 e. The van der Waals surface area contributed by atoms with E-state index in [0.717, 1.165) is 10.1 Å².